The molecule has 4 aromatic heterocycles. The highest BCUT2D eigenvalue weighted by atomic mass is 32.1. The van der Waals surface area contributed by atoms with Crippen LogP contribution in [0.1, 0.15) is 37.0 Å². The van der Waals surface area contributed by atoms with Crippen LogP contribution in [0.4, 0.5) is 5.82 Å². The molecule has 0 unspecified atom stereocenters. The third-order valence-corrected chi connectivity index (χ3v) is 6.65. The highest BCUT2D eigenvalue weighted by Crippen LogP contribution is 2.28. The molecular formula is C25H30N6O2S. The van der Waals surface area contributed by atoms with Gasteiger partial charge in [0.1, 0.15) is 5.82 Å². The zero-order valence-electron chi connectivity index (χ0n) is 19.6. The quantitative estimate of drug-likeness (QED) is 0.294. The average molecular weight is 479 g/mol. The third kappa shape index (κ3) is 5.49. The van der Waals surface area contributed by atoms with Crippen molar-refractivity contribution in [3.63, 3.8) is 0 Å². The molecule has 0 saturated heterocycles. The van der Waals surface area contributed by atoms with Gasteiger partial charge in [-0.05, 0) is 55.7 Å². The molecule has 4 rings (SSSR count). The Morgan fingerprint density at radius 1 is 1.18 bits per heavy atom. The lowest BCUT2D eigenvalue weighted by Crippen LogP contribution is -2.24. The third-order valence-electron chi connectivity index (χ3n) is 5.76. The minimum atomic E-state index is -0.0263. The molecule has 0 aliphatic rings. The van der Waals surface area contributed by atoms with E-state index in [0.29, 0.717) is 35.7 Å². The van der Waals surface area contributed by atoms with Gasteiger partial charge in [-0.3, -0.25) is 4.79 Å². The summed E-state index contributed by atoms with van der Waals surface area (Å²) in [6.45, 7) is 7.45. The van der Waals surface area contributed by atoms with Gasteiger partial charge in [0.05, 0.1) is 34.6 Å². The van der Waals surface area contributed by atoms with Crippen LogP contribution in [0.2, 0.25) is 0 Å². The van der Waals surface area contributed by atoms with Crippen molar-refractivity contribution in [1.29, 1.82) is 0 Å². The molecule has 0 bridgehead atoms. The predicted molar refractivity (Wildman–Crippen MR) is 136 cm³/mol. The topological polar surface area (TPSA) is 95.7 Å². The first kappa shape index (κ1) is 24.0. The Morgan fingerprint density at radius 3 is 2.76 bits per heavy atom. The van der Waals surface area contributed by atoms with E-state index in [4.69, 9.17) is 9.97 Å². The summed E-state index contributed by atoms with van der Waals surface area (Å²) in [5.41, 5.74) is 3.52. The van der Waals surface area contributed by atoms with Crippen LogP contribution in [-0.2, 0) is 0 Å². The first-order valence-electron chi connectivity index (χ1n) is 11.6. The summed E-state index contributed by atoms with van der Waals surface area (Å²) in [4.78, 5) is 26.0. The summed E-state index contributed by atoms with van der Waals surface area (Å²) >= 11 is 1.63. The standard InChI is InChI=1S/C25H30N6O2S/c1-3-30(4-2)11-5-7-22(33)18-15-21(28-24(16-18)26-10-13-32)19-17-27-31-12-9-20(29-25(19)31)23-8-6-14-34-23/h6,8-9,12,14-17,32H,3-5,7,10-11,13H2,1-2H3,(H,26,28). The maximum atomic E-state index is 13.1. The summed E-state index contributed by atoms with van der Waals surface area (Å²) in [6.07, 6.45) is 4.89. The molecule has 2 N–H and O–H groups in total. The van der Waals surface area contributed by atoms with Crippen molar-refractivity contribution in [3.05, 3.63) is 53.7 Å². The van der Waals surface area contributed by atoms with E-state index in [0.717, 1.165) is 42.2 Å². The number of ketones is 1. The van der Waals surface area contributed by atoms with Gasteiger partial charge in [0.25, 0.3) is 0 Å². The summed E-state index contributed by atoms with van der Waals surface area (Å²) < 4.78 is 1.72. The van der Waals surface area contributed by atoms with Crippen LogP contribution in [0.15, 0.2) is 48.1 Å². The van der Waals surface area contributed by atoms with Crippen LogP contribution in [0.25, 0.3) is 27.5 Å². The maximum absolute atomic E-state index is 13.1. The molecule has 178 valence electrons. The zero-order valence-corrected chi connectivity index (χ0v) is 20.4. The number of aliphatic hydroxyl groups is 1. The van der Waals surface area contributed by atoms with Gasteiger partial charge in [-0.1, -0.05) is 19.9 Å². The number of aliphatic hydroxyl groups excluding tert-OH is 1. The number of carbonyl (C=O) groups excluding carboxylic acids is 1. The van der Waals surface area contributed by atoms with Crippen LogP contribution in [0, 0.1) is 0 Å². The van der Waals surface area contributed by atoms with Crippen LogP contribution in [0.5, 0.6) is 0 Å². The van der Waals surface area contributed by atoms with Crippen LogP contribution >= 0.6 is 11.3 Å². The Kier molecular flexibility index (Phi) is 7.99. The minimum absolute atomic E-state index is 0.0263. The highest BCUT2D eigenvalue weighted by molar-refractivity contribution is 7.13. The molecule has 0 amide bonds. The van der Waals surface area contributed by atoms with E-state index in [-0.39, 0.29) is 12.4 Å². The summed E-state index contributed by atoms with van der Waals surface area (Å²) in [5, 5.41) is 18.8. The van der Waals surface area contributed by atoms with Crippen molar-refractivity contribution in [2.75, 3.05) is 38.1 Å². The van der Waals surface area contributed by atoms with Crippen molar-refractivity contribution in [1.82, 2.24) is 24.5 Å². The number of pyridine rings is 1. The second-order valence-electron chi connectivity index (χ2n) is 7.95. The minimum Gasteiger partial charge on any atom is -0.395 e. The van der Waals surface area contributed by atoms with Gasteiger partial charge >= 0.3 is 0 Å². The largest absolute Gasteiger partial charge is 0.395 e. The normalized spacial score (nSPS) is 11.4. The molecule has 9 heteroatoms. The molecule has 0 atom stereocenters. The molecule has 8 nitrogen and oxygen atoms in total. The number of nitrogens with zero attached hydrogens (tertiary/aromatic N) is 5. The van der Waals surface area contributed by atoms with E-state index in [1.165, 1.54) is 0 Å². The van der Waals surface area contributed by atoms with Crippen LogP contribution in [0.3, 0.4) is 0 Å². The number of rotatable bonds is 12. The molecule has 0 fully saturated rings. The van der Waals surface area contributed by atoms with Gasteiger partial charge in [0, 0.05) is 24.7 Å². The van der Waals surface area contributed by atoms with Gasteiger partial charge in [-0.15, -0.1) is 11.3 Å². The summed E-state index contributed by atoms with van der Waals surface area (Å²) in [6, 6.07) is 9.55. The Morgan fingerprint density at radius 2 is 2.03 bits per heavy atom. The van der Waals surface area contributed by atoms with Gasteiger partial charge in [-0.2, -0.15) is 5.10 Å². The van der Waals surface area contributed by atoms with Crippen LogP contribution < -0.4 is 5.32 Å². The first-order valence-corrected chi connectivity index (χ1v) is 12.5. The smallest absolute Gasteiger partial charge is 0.165 e. The van der Waals surface area contributed by atoms with E-state index < -0.39 is 0 Å². The summed E-state index contributed by atoms with van der Waals surface area (Å²) in [7, 11) is 0. The number of hydrogen-bond donors (Lipinski definition) is 2. The lowest BCUT2D eigenvalue weighted by atomic mass is 10.0. The Balaban J connectivity index is 1.66. The van der Waals surface area contributed by atoms with E-state index in [9.17, 15) is 9.90 Å². The molecule has 4 aromatic rings. The maximum Gasteiger partial charge on any atom is 0.165 e. The lowest BCUT2D eigenvalue weighted by Gasteiger charge is -2.17. The highest BCUT2D eigenvalue weighted by Gasteiger charge is 2.16. The molecule has 0 aromatic carbocycles. The fraction of sp³-hybridized carbons (Fsp3) is 0.360. The fourth-order valence-corrected chi connectivity index (χ4v) is 4.56. The number of nitrogens with one attached hydrogen (secondary N) is 1. The molecule has 0 aliphatic heterocycles. The number of aromatic nitrogens is 4. The van der Waals surface area contributed by atoms with Crippen molar-refractivity contribution in [2.45, 2.75) is 26.7 Å². The Bertz CT molecular complexity index is 1230. The molecule has 0 radical (unpaired) electrons. The molecule has 0 spiro atoms. The fourth-order valence-electron chi connectivity index (χ4n) is 3.86. The Hall–Kier alpha value is -3.14. The van der Waals surface area contributed by atoms with Crippen molar-refractivity contribution < 1.29 is 9.90 Å². The van der Waals surface area contributed by atoms with Crippen molar-refractivity contribution in [3.8, 4) is 21.8 Å². The molecule has 0 saturated carbocycles. The second-order valence-corrected chi connectivity index (χ2v) is 8.89. The van der Waals surface area contributed by atoms with Crippen LogP contribution in [-0.4, -0.2) is 68.2 Å². The van der Waals surface area contributed by atoms with Gasteiger partial charge in [-0.25, -0.2) is 14.5 Å². The number of hydrogen-bond acceptors (Lipinski definition) is 8. The number of Topliss-reactive ketones (excluding diaryl/α,β-unsaturated/α-hetero) is 1. The number of anilines is 1. The molecule has 4 heterocycles. The van der Waals surface area contributed by atoms with Crippen molar-refractivity contribution in [2.24, 2.45) is 0 Å². The zero-order chi connectivity index (χ0) is 23.9. The molecular weight excluding hydrogens is 448 g/mol. The second kappa shape index (κ2) is 11.3. The molecule has 0 aliphatic carbocycles. The number of thiophene rings is 1. The Labute approximate surface area is 203 Å². The number of carbonyl (C=O) groups is 1. The van der Waals surface area contributed by atoms with E-state index >= 15 is 0 Å². The van der Waals surface area contributed by atoms with E-state index in [1.807, 2.05) is 35.8 Å². The SMILES string of the molecule is CCN(CC)CCCC(=O)c1cc(NCCO)nc(-c2cnn3ccc(-c4cccs4)nc23)c1. The van der Waals surface area contributed by atoms with Gasteiger partial charge < -0.3 is 15.3 Å². The predicted octanol–water partition coefficient (Wildman–Crippen LogP) is 4.23. The monoisotopic (exact) mass is 478 g/mol. The summed E-state index contributed by atoms with van der Waals surface area (Å²) in [5.74, 6) is 0.624. The van der Waals surface area contributed by atoms with E-state index in [2.05, 4.69) is 29.2 Å². The van der Waals surface area contributed by atoms with E-state index in [1.54, 1.807) is 28.1 Å². The van der Waals surface area contributed by atoms with Gasteiger partial charge in [0.2, 0.25) is 0 Å². The van der Waals surface area contributed by atoms with Crippen molar-refractivity contribution >= 4 is 28.6 Å². The average Bonchev–Trinajstić information content (AvgIpc) is 3.55. The van der Waals surface area contributed by atoms with Gasteiger partial charge in [0.15, 0.2) is 11.4 Å². The molecule has 34 heavy (non-hydrogen) atoms. The number of fused-ring (bicyclic) bond motifs is 1. The first-order chi connectivity index (χ1) is 16.6. The lowest BCUT2D eigenvalue weighted by molar-refractivity contribution is 0.0975.